The molecule has 0 fully saturated rings. The van der Waals surface area contributed by atoms with Crippen LogP contribution in [0.15, 0.2) is 152 Å². The first kappa shape index (κ1) is 28.8. The maximum atomic E-state index is 5.07. The van der Waals surface area contributed by atoms with Gasteiger partial charge in [-0.25, -0.2) is 15.0 Å². The zero-order valence-corrected chi connectivity index (χ0v) is 27.9. The van der Waals surface area contributed by atoms with Crippen LogP contribution < -0.4 is 10.6 Å². The van der Waals surface area contributed by atoms with Gasteiger partial charge in [0.1, 0.15) is 0 Å². The zero-order valence-electron chi connectivity index (χ0n) is 27.1. The number of hydrogen-bond donors (Lipinski definition) is 0. The van der Waals surface area contributed by atoms with Crippen molar-refractivity contribution < 1.29 is 0 Å². The number of para-hydroxylation sites is 2. The molecule has 5 heteroatoms. The van der Waals surface area contributed by atoms with Crippen molar-refractivity contribution in [2.24, 2.45) is 0 Å². The van der Waals surface area contributed by atoms with Crippen molar-refractivity contribution in [3.63, 3.8) is 0 Å². The normalized spacial score (nSPS) is 12.8. The van der Waals surface area contributed by atoms with Gasteiger partial charge in [-0.15, -0.1) is 11.3 Å². The molecular formula is C45H30N4S. The Kier molecular flexibility index (Phi) is 6.78. The second-order valence-electron chi connectivity index (χ2n) is 12.7. The van der Waals surface area contributed by atoms with Gasteiger partial charge in [-0.2, -0.15) is 0 Å². The van der Waals surface area contributed by atoms with E-state index >= 15 is 0 Å². The molecule has 3 aromatic heterocycles. The van der Waals surface area contributed by atoms with Crippen LogP contribution in [-0.4, -0.2) is 19.5 Å². The van der Waals surface area contributed by atoms with Crippen LogP contribution in [0.1, 0.15) is 18.4 Å². The number of hydrogen-bond acceptors (Lipinski definition) is 4. The van der Waals surface area contributed by atoms with Crippen LogP contribution in [-0.2, 0) is 0 Å². The number of fused-ring (bicyclic) bond motifs is 6. The van der Waals surface area contributed by atoms with Crippen LogP contribution in [0, 0.1) is 0 Å². The van der Waals surface area contributed by atoms with E-state index < -0.39 is 0 Å². The summed E-state index contributed by atoms with van der Waals surface area (Å²) >= 11 is 1.81. The zero-order chi connectivity index (χ0) is 33.0. The van der Waals surface area contributed by atoms with Crippen LogP contribution >= 0.6 is 11.3 Å². The van der Waals surface area contributed by atoms with E-state index in [0.29, 0.717) is 17.5 Å². The van der Waals surface area contributed by atoms with Crippen LogP contribution in [0.3, 0.4) is 0 Å². The predicted molar refractivity (Wildman–Crippen MR) is 208 cm³/mol. The molecule has 0 saturated carbocycles. The van der Waals surface area contributed by atoms with E-state index in [-0.39, 0.29) is 0 Å². The highest BCUT2D eigenvalue weighted by atomic mass is 32.1. The Morgan fingerprint density at radius 1 is 0.520 bits per heavy atom. The fraction of sp³-hybridized carbons (Fsp3) is 0.0444. The van der Waals surface area contributed by atoms with Crippen molar-refractivity contribution in [2.45, 2.75) is 12.8 Å². The van der Waals surface area contributed by atoms with Gasteiger partial charge in [0.05, 0.1) is 10.9 Å². The number of benzene rings is 6. The van der Waals surface area contributed by atoms with E-state index in [1.54, 1.807) is 0 Å². The van der Waals surface area contributed by atoms with E-state index in [0.717, 1.165) is 29.5 Å². The smallest absolute Gasteiger partial charge is 0.165 e. The summed E-state index contributed by atoms with van der Waals surface area (Å²) in [5.41, 5.74) is 8.09. The molecule has 0 amide bonds. The van der Waals surface area contributed by atoms with Gasteiger partial charge in [-0.05, 0) is 60.4 Å². The molecule has 236 valence electrons. The van der Waals surface area contributed by atoms with Gasteiger partial charge >= 0.3 is 0 Å². The van der Waals surface area contributed by atoms with E-state index in [1.165, 1.54) is 58.5 Å². The fourth-order valence-electron chi connectivity index (χ4n) is 7.48. The van der Waals surface area contributed by atoms with Crippen LogP contribution in [0.4, 0.5) is 0 Å². The minimum absolute atomic E-state index is 0.672. The number of aromatic nitrogens is 4. The summed E-state index contributed by atoms with van der Waals surface area (Å²) < 4.78 is 4.87. The highest BCUT2D eigenvalue weighted by Gasteiger charge is 2.19. The molecule has 0 atom stereocenters. The Labute approximate surface area is 293 Å². The van der Waals surface area contributed by atoms with Gasteiger partial charge in [0, 0.05) is 53.2 Å². The Hall–Kier alpha value is -6.17. The highest BCUT2D eigenvalue weighted by Crippen LogP contribution is 2.41. The van der Waals surface area contributed by atoms with Gasteiger partial charge in [0.15, 0.2) is 17.5 Å². The maximum absolute atomic E-state index is 5.07. The van der Waals surface area contributed by atoms with Gasteiger partial charge < -0.3 is 4.57 Å². The molecule has 10 rings (SSSR count). The molecule has 0 spiro atoms. The Bertz CT molecular complexity index is 2800. The monoisotopic (exact) mass is 658 g/mol. The van der Waals surface area contributed by atoms with Crippen LogP contribution in [0.2, 0.25) is 0 Å². The molecular weight excluding hydrogens is 629 g/mol. The summed E-state index contributed by atoms with van der Waals surface area (Å²) in [4.78, 5) is 15.1. The molecule has 0 saturated heterocycles. The first-order chi connectivity index (χ1) is 24.8. The van der Waals surface area contributed by atoms with Crippen molar-refractivity contribution in [3.05, 3.63) is 168 Å². The fourth-order valence-corrected chi connectivity index (χ4v) is 8.68. The summed E-state index contributed by atoms with van der Waals surface area (Å²) in [6, 6.07) is 53.5. The molecule has 0 aliphatic heterocycles. The van der Waals surface area contributed by atoms with Crippen molar-refractivity contribution in [3.8, 4) is 39.9 Å². The number of thiophene rings is 1. The maximum Gasteiger partial charge on any atom is 0.165 e. The Balaban J connectivity index is 1.18. The van der Waals surface area contributed by atoms with Crippen molar-refractivity contribution in [2.75, 3.05) is 0 Å². The lowest BCUT2D eigenvalue weighted by Gasteiger charge is -2.12. The van der Waals surface area contributed by atoms with E-state index in [4.69, 9.17) is 15.0 Å². The number of rotatable bonds is 5. The first-order valence-electron chi connectivity index (χ1n) is 17.0. The Morgan fingerprint density at radius 2 is 1.16 bits per heavy atom. The standard InChI is InChI=1S/C45H30N4S/c1-4-14-29(15-5-1)43-46-44(30-16-6-2-7-17-30)48-45(47-43)36-23-12-22-34-37-28-31(26-27-40(37)50-42(34)36)33-21-13-25-39-41(33)35-20-10-11-24-38(35)49(39)32-18-8-3-9-19-32/h1-12,14-20,22-28H,13,21H2. The van der Waals surface area contributed by atoms with E-state index in [2.05, 4.69) is 126 Å². The average molecular weight is 659 g/mol. The minimum Gasteiger partial charge on any atom is -0.310 e. The summed E-state index contributed by atoms with van der Waals surface area (Å²) in [6.07, 6.45) is 4.42. The lowest BCUT2D eigenvalue weighted by atomic mass is 9.93. The summed E-state index contributed by atoms with van der Waals surface area (Å²) in [5.74, 6) is 2.03. The molecule has 0 unspecified atom stereocenters. The topological polar surface area (TPSA) is 43.6 Å². The van der Waals surface area contributed by atoms with Gasteiger partial charge in [0.2, 0.25) is 0 Å². The van der Waals surface area contributed by atoms with E-state index in [9.17, 15) is 0 Å². The second kappa shape index (κ2) is 11.8. The molecule has 1 aliphatic rings. The van der Waals surface area contributed by atoms with Gasteiger partial charge in [-0.3, -0.25) is 0 Å². The molecule has 9 aromatic rings. The molecule has 0 N–H and O–H groups in total. The van der Waals surface area contributed by atoms with Crippen molar-refractivity contribution >= 4 is 54.1 Å². The predicted octanol–water partition coefficient (Wildman–Crippen LogP) is 9.96. The van der Waals surface area contributed by atoms with Gasteiger partial charge in [0.25, 0.3) is 0 Å². The third-order valence-corrected chi connectivity index (χ3v) is 11.0. The third kappa shape index (κ3) is 4.70. The number of nitrogens with zero attached hydrogens (tertiary/aromatic N) is 4. The lowest BCUT2D eigenvalue weighted by molar-refractivity contribution is 1.01. The lowest BCUT2D eigenvalue weighted by Crippen LogP contribution is -2.32. The quantitative estimate of drug-likeness (QED) is 0.185. The molecule has 0 radical (unpaired) electrons. The SMILES string of the molecule is C1=c2c(c3ccccc3n2-c2ccccc2)=C(c2ccc3sc4c(-c5nc(-c6ccccc6)nc(-c6ccccc6)n5)cccc4c3c2)CC1. The first-order valence-corrected chi connectivity index (χ1v) is 17.8. The highest BCUT2D eigenvalue weighted by molar-refractivity contribution is 7.26. The Morgan fingerprint density at radius 3 is 1.90 bits per heavy atom. The van der Waals surface area contributed by atoms with Crippen molar-refractivity contribution in [1.29, 1.82) is 0 Å². The van der Waals surface area contributed by atoms with Crippen LogP contribution in [0.25, 0.3) is 82.6 Å². The van der Waals surface area contributed by atoms with Crippen molar-refractivity contribution in [1.82, 2.24) is 19.5 Å². The van der Waals surface area contributed by atoms with Crippen LogP contribution in [0.5, 0.6) is 0 Å². The molecule has 1 aliphatic carbocycles. The van der Waals surface area contributed by atoms with E-state index in [1.807, 2.05) is 47.7 Å². The molecule has 3 heterocycles. The van der Waals surface area contributed by atoms with Gasteiger partial charge in [-0.1, -0.05) is 121 Å². The summed E-state index contributed by atoms with van der Waals surface area (Å²) in [7, 11) is 0. The average Bonchev–Trinajstić information content (AvgIpc) is 3.74. The largest absolute Gasteiger partial charge is 0.310 e. The summed E-state index contributed by atoms with van der Waals surface area (Å²) in [6.45, 7) is 0. The molecule has 0 bridgehead atoms. The minimum atomic E-state index is 0.672. The molecule has 6 aromatic carbocycles. The molecule has 4 nitrogen and oxygen atoms in total. The third-order valence-electron chi connectivity index (χ3n) is 9.75. The summed E-state index contributed by atoms with van der Waals surface area (Å²) in [5, 5.41) is 6.42. The molecule has 50 heavy (non-hydrogen) atoms. The second-order valence-corrected chi connectivity index (χ2v) is 13.8.